The van der Waals surface area contributed by atoms with Crippen LogP contribution in [0.3, 0.4) is 0 Å². The Balaban J connectivity index is 2.98. The number of hydrogen-bond donors (Lipinski definition) is 0. The standard InChI is InChI=1S/C6H11ClO/c1-2-3-4-6(7)5-8/h5-6H,2-4H2,1H3/t6-/m1/s1. The lowest BCUT2D eigenvalue weighted by Crippen LogP contribution is -1.97. The van der Waals surface area contributed by atoms with Crippen molar-refractivity contribution in [2.24, 2.45) is 0 Å². The van der Waals surface area contributed by atoms with Crippen LogP contribution in [0.25, 0.3) is 0 Å². The van der Waals surface area contributed by atoms with Gasteiger partial charge in [0.05, 0.1) is 5.38 Å². The zero-order valence-electron chi connectivity index (χ0n) is 5.06. The average Bonchev–Trinajstić information content (AvgIpc) is 1.83. The molecule has 0 radical (unpaired) electrons. The van der Waals surface area contributed by atoms with Crippen LogP contribution < -0.4 is 0 Å². The molecule has 0 bridgehead atoms. The maximum absolute atomic E-state index is 9.88. The van der Waals surface area contributed by atoms with Crippen LogP contribution in [0.15, 0.2) is 0 Å². The molecule has 0 spiro atoms. The molecule has 0 unspecified atom stereocenters. The molecule has 0 aliphatic carbocycles. The third-order valence-electron chi connectivity index (χ3n) is 0.981. The van der Waals surface area contributed by atoms with Gasteiger partial charge in [0.25, 0.3) is 0 Å². The van der Waals surface area contributed by atoms with Crippen LogP contribution >= 0.6 is 11.6 Å². The Labute approximate surface area is 55.0 Å². The number of alkyl halides is 1. The molecule has 8 heavy (non-hydrogen) atoms. The fourth-order valence-corrected chi connectivity index (χ4v) is 0.621. The lowest BCUT2D eigenvalue weighted by atomic mass is 10.2. The summed E-state index contributed by atoms with van der Waals surface area (Å²) in [6.45, 7) is 2.08. The second-order valence-corrected chi connectivity index (χ2v) is 2.35. The number of hydrogen-bond acceptors (Lipinski definition) is 1. The summed E-state index contributed by atoms with van der Waals surface area (Å²) in [6, 6.07) is 0. The van der Waals surface area contributed by atoms with Crippen molar-refractivity contribution in [3.05, 3.63) is 0 Å². The van der Waals surface area contributed by atoms with Gasteiger partial charge in [0.2, 0.25) is 0 Å². The topological polar surface area (TPSA) is 17.1 Å². The lowest BCUT2D eigenvalue weighted by molar-refractivity contribution is -0.107. The van der Waals surface area contributed by atoms with E-state index in [0.29, 0.717) is 0 Å². The van der Waals surface area contributed by atoms with E-state index in [-0.39, 0.29) is 5.38 Å². The van der Waals surface area contributed by atoms with Gasteiger partial charge in [-0.05, 0) is 6.42 Å². The molecule has 0 aromatic heterocycles. The summed E-state index contributed by atoms with van der Waals surface area (Å²) in [5, 5.41) is -0.255. The minimum Gasteiger partial charge on any atom is -0.302 e. The van der Waals surface area contributed by atoms with Crippen LogP contribution in [0.5, 0.6) is 0 Å². The maximum Gasteiger partial charge on any atom is 0.137 e. The predicted molar refractivity (Wildman–Crippen MR) is 35.2 cm³/mol. The normalized spacial score (nSPS) is 13.2. The number of aldehydes is 1. The van der Waals surface area contributed by atoms with Gasteiger partial charge >= 0.3 is 0 Å². The van der Waals surface area contributed by atoms with Gasteiger partial charge in [-0.25, -0.2) is 0 Å². The zero-order chi connectivity index (χ0) is 6.41. The predicted octanol–water partition coefficient (Wildman–Crippen LogP) is 1.98. The molecule has 0 saturated heterocycles. The van der Waals surface area contributed by atoms with Crippen molar-refractivity contribution >= 4 is 17.9 Å². The van der Waals surface area contributed by atoms with E-state index in [2.05, 4.69) is 6.92 Å². The fraction of sp³-hybridized carbons (Fsp3) is 0.833. The van der Waals surface area contributed by atoms with E-state index in [9.17, 15) is 4.79 Å². The Bertz CT molecular complexity index is 63.5. The first-order chi connectivity index (χ1) is 3.81. The number of rotatable bonds is 4. The van der Waals surface area contributed by atoms with Crippen molar-refractivity contribution in [2.45, 2.75) is 31.6 Å². The van der Waals surface area contributed by atoms with Crippen molar-refractivity contribution in [1.29, 1.82) is 0 Å². The summed E-state index contributed by atoms with van der Waals surface area (Å²) in [5.74, 6) is 0. The van der Waals surface area contributed by atoms with Gasteiger partial charge in [0.15, 0.2) is 0 Å². The minimum atomic E-state index is -0.255. The molecule has 0 amide bonds. The van der Waals surface area contributed by atoms with E-state index in [1.807, 2.05) is 0 Å². The van der Waals surface area contributed by atoms with Gasteiger partial charge in [-0.1, -0.05) is 19.8 Å². The van der Waals surface area contributed by atoms with E-state index in [1.165, 1.54) is 0 Å². The third-order valence-corrected chi connectivity index (χ3v) is 1.30. The molecule has 0 fully saturated rings. The van der Waals surface area contributed by atoms with E-state index in [1.54, 1.807) is 0 Å². The molecular formula is C6H11ClO. The molecule has 0 N–H and O–H groups in total. The minimum absolute atomic E-state index is 0.255. The Morgan fingerprint density at radius 1 is 1.75 bits per heavy atom. The van der Waals surface area contributed by atoms with Crippen molar-refractivity contribution in [3.8, 4) is 0 Å². The van der Waals surface area contributed by atoms with E-state index in [0.717, 1.165) is 25.5 Å². The zero-order valence-corrected chi connectivity index (χ0v) is 5.82. The molecule has 0 heterocycles. The van der Waals surface area contributed by atoms with Crippen molar-refractivity contribution < 1.29 is 4.79 Å². The highest BCUT2D eigenvalue weighted by molar-refractivity contribution is 6.27. The average molecular weight is 135 g/mol. The second-order valence-electron chi connectivity index (χ2n) is 1.79. The lowest BCUT2D eigenvalue weighted by Gasteiger charge is -1.95. The van der Waals surface area contributed by atoms with Crippen LogP contribution in [0, 0.1) is 0 Å². The van der Waals surface area contributed by atoms with Crippen LogP contribution in [0.2, 0.25) is 0 Å². The van der Waals surface area contributed by atoms with Gasteiger partial charge in [0.1, 0.15) is 6.29 Å². The van der Waals surface area contributed by atoms with Crippen LogP contribution in [-0.2, 0) is 4.79 Å². The highest BCUT2D eigenvalue weighted by atomic mass is 35.5. The molecule has 0 aromatic rings. The van der Waals surface area contributed by atoms with Gasteiger partial charge in [-0.15, -0.1) is 11.6 Å². The summed E-state index contributed by atoms with van der Waals surface area (Å²) < 4.78 is 0. The van der Waals surface area contributed by atoms with Crippen LogP contribution in [0.1, 0.15) is 26.2 Å². The first kappa shape index (κ1) is 7.96. The maximum atomic E-state index is 9.88. The van der Waals surface area contributed by atoms with Gasteiger partial charge in [-0.2, -0.15) is 0 Å². The van der Waals surface area contributed by atoms with Crippen molar-refractivity contribution in [3.63, 3.8) is 0 Å². The fourth-order valence-electron chi connectivity index (χ4n) is 0.467. The Hall–Kier alpha value is -0.0400. The molecule has 1 nitrogen and oxygen atoms in total. The first-order valence-electron chi connectivity index (χ1n) is 2.90. The Kier molecular flexibility index (Phi) is 5.08. The first-order valence-corrected chi connectivity index (χ1v) is 3.34. The summed E-state index contributed by atoms with van der Waals surface area (Å²) in [5.41, 5.74) is 0. The second kappa shape index (κ2) is 5.10. The summed E-state index contributed by atoms with van der Waals surface area (Å²) in [6.07, 6.45) is 3.77. The van der Waals surface area contributed by atoms with Gasteiger partial charge in [-0.3, -0.25) is 0 Å². The molecule has 1 atom stereocenters. The van der Waals surface area contributed by atoms with Gasteiger partial charge < -0.3 is 4.79 Å². The molecule has 0 rings (SSSR count). The highest BCUT2D eigenvalue weighted by Gasteiger charge is 1.98. The number of carbonyl (C=O) groups is 1. The number of unbranched alkanes of at least 4 members (excludes halogenated alkanes) is 1. The van der Waals surface area contributed by atoms with Crippen LogP contribution in [-0.4, -0.2) is 11.7 Å². The molecule has 0 saturated carbocycles. The molecule has 0 aliphatic rings. The number of carbonyl (C=O) groups excluding carboxylic acids is 1. The quantitative estimate of drug-likeness (QED) is 0.425. The van der Waals surface area contributed by atoms with Crippen LogP contribution in [0.4, 0.5) is 0 Å². The van der Waals surface area contributed by atoms with Gasteiger partial charge in [0, 0.05) is 0 Å². The van der Waals surface area contributed by atoms with Crippen molar-refractivity contribution in [2.75, 3.05) is 0 Å². The molecule has 48 valence electrons. The summed E-state index contributed by atoms with van der Waals surface area (Å²) in [4.78, 5) is 9.88. The van der Waals surface area contributed by atoms with E-state index < -0.39 is 0 Å². The largest absolute Gasteiger partial charge is 0.302 e. The third kappa shape index (κ3) is 4.13. The van der Waals surface area contributed by atoms with Crippen molar-refractivity contribution in [1.82, 2.24) is 0 Å². The van der Waals surface area contributed by atoms with E-state index in [4.69, 9.17) is 11.6 Å². The Morgan fingerprint density at radius 3 is 2.75 bits per heavy atom. The van der Waals surface area contributed by atoms with E-state index >= 15 is 0 Å². The molecule has 0 aliphatic heterocycles. The molecule has 2 heteroatoms. The summed E-state index contributed by atoms with van der Waals surface area (Å²) in [7, 11) is 0. The summed E-state index contributed by atoms with van der Waals surface area (Å²) >= 11 is 5.48. The highest BCUT2D eigenvalue weighted by Crippen LogP contribution is 2.03. The Morgan fingerprint density at radius 2 is 2.38 bits per heavy atom. The molecular weight excluding hydrogens is 124 g/mol. The SMILES string of the molecule is CCCC[C@@H](Cl)C=O. The monoisotopic (exact) mass is 134 g/mol. The molecule has 0 aromatic carbocycles. The smallest absolute Gasteiger partial charge is 0.137 e. The number of halogens is 1.